The number of Topliss-reactive ketones (excluding diaryl/α,β-unsaturated/α-hetero) is 1. The van der Waals surface area contributed by atoms with Gasteiger partial charge in [0.2, 0.25) is 0 Å². The van der Waals surface area contributed by atoms with Crippen LogP contribution in [0.15, 0.2) is 0 Å². The Morgan fingerprint density at radius 1 is 1.50 bits per heavy atom. The summed E-state index contributed by atoms with van der Waals surface area (Å²) in [6, 6.07) is 0. The van der Waals surface area contributed by atoms with Crippen LogP contribution in [0, 0.1) is 11.8 Å². The molecule has 1 saturated heterocycles. The molecule has 94 valence electrons. The second kappa shape index (κ2) is 7.02. The average Bonchev–Trinajstić information content (AvgIpc) is 2.24. The van der Waals surface area contributed by atoms with Gasteiger partial charge in [-0.15, -0.1) is 0 Å². The molecule has 16 heavy (non-hydrogen) atoms. The topological polar surface area (TPSA) is 35.5 Å². The number of carbonyl (C=O) groups excluding carboxylic acids is 1. The van der Waals surface area contributed by atoms with E-state index in [1.165, 1.54) is 0 Å². The Balaban J connectivity index is 2.34. The molecule has 2 unspecified atom stereocenters. The number of hydrogen-bond acceptors (Lipinski definition) is 3. The number of rotatable bonds is 6. The predicted octanol–water partition coefficient (Wildman–Crippen LogP) is 2.78. The van der Waals surface area contributed by atoms with Gasteiger partial charge < -0.3 is 14.3 Å². The fraction of sp³-hybridized carbons (Fsp3) is 0.923. The molecule has 3 heteroatoms. The predicted molar refractivity (Wildman–Crippen MR) is 63.2 cm³/mol. The van der Waals surface area contributed by atoms with Gasteiger partial charge in [0.15, 0.2) is 6.29 Å². The number of ether oxygens (including phenoxy) is 2. The Labute approximate surface area is 98.5 Å². The number of carbonyl (C=O) groups is 1. The third kappa shape index (κ3) is 5.08. The van der Waals surface area contributed by atoms with Crippen LogP contribution >= 0.6 is 0 Å². The Kier molecular flexibility index (Phi) is 5.99. The van der Waals surface area contributed by atoms with Crippen LogP contribution < -0.4 is 0 Å². The maximum absolute atomic E-state index is 11.0. The van der Waals surface area contributed by atoms with Crippen LogP contribution in [0.25, 0.3) is 0 Å². The van der Waals surface area contributed by atoms with Gasteiger partial charge in [-0.1, -0.05) is 13.8 Å². The monoisotopic (exact) mass is 228 g/mol. The molecule has 1 rings (SSSR count). The summed E-state index contributed by atoms with van der Waals surface area (Å²) in [6.07, 6.45) is 3.67. The van der Waals surface area contributed by atoms with Crippen molar-refractivity contribution in [1.29, 1.82) is 0 Å². The van der Waals surface area contributed by atoms with Gasteiger partial charge >= 0.3 is 0 Å². The van der Waals surface area contributed by atoms with Gasteiger partial charge in [0.25, 0.3) is 0 Å². The highest BCUT2D eigenvalue weighted by Gasteiger charge is 2.26. The largest absolute Gasteiger partial charge is 0.352 e. The van der Waals surface area contributed by atoms with Gasteiger partial charge in [-0.25, -0.2) is 0 Å². The van der Waals surface area contributed by atoms with Gasteiger partial charge in [-0.2, -0.15) is 0 Å². The highest BCUT2D eigenvalue weighted by Crippen LogP contribution is 2.26. The lowest BCUT2D eigenvalue weighted by molar-refractivity contribution is -0.198. The molecule has 0 aromatic heterocycles. The van der Waals surface area contributed by atoms with Crippen LogP contribution in [0.4, 0.5) is 0 Å². The lowest BCUT2D eigenvalue weighted by Crippen LogP contribution is -2.33. The first-order valence-corrected chi connectivity index (χ1v) is 6.32. The SMILES string of the molecule is CC(=O)CCC1CCCOC1OCC(C)C. The summed E-state index contributed by atoms with van der Waals surface area (Å²) in [5.41, 5.74) is 0. The molecule has 1 heterocycles. The van der Waals surface area contributed by atoms with Gasteiger partial charge in [-0.05, 0) is 32.1 Å². The summed E-state index contributed by atoms with van der Waals surface area (Å²) >= 11 is 0. The van der Waals surface area contributed by atoms with Crippen molar-refractivity contribution in [3.8, 4) is 0 Å². The zero-order valence-electron chi connectivity index (χ0n) is 10.7. The van der Waals surface area contributed by atoms with E-state index in [4.69, 9.17) is 9.47 Å². The summed E-state index contributed by atoms with van der Waals surface area (Å²) < 4.78 is 11.4. The molecule has 0 spiro atoms. The van der Waals surface area contributed by atoms with E-state index in [0.29, 0.717) is 18.3 Å². The molecular weight excluding hydrogens is 204 g/mol. The van der Waals surface area contributed by atoms with Gasteiger partial charge in [0.1, 0.15) is 5.78 Å². The van der Waals surface area contributed by atoms with Crippen molar-refractivity contribution in [2.24, 2.45) is 11.8 Å². The zero-order valence-corrected chi connectivity index (χ0v) is 10.7. The summed E-state index contributed by atoms with van der Waals surface area (Å²) in [6.45, 7) is 7.44. The highest BCUT2D eigenvalue weighted by atomic mass is 16.7. The first kappa shape index (κ1) is 13.7. The first-order chi connectivity index (χ1) is 7.59. The first-order valence-electron chi connectivity index (χ1n) is 6.32. The maximum Gasteiger partial charge on any atom is 0.160 e. The highest BCUT2D eigenvalue weighted by molar-refractivity contribution is 5.75. The maximum atomic E-state index is 11.0. The van der Waals surface area contributed by atoms with Crippen LogP contribution in [0.3, 0.4) is 0 Å². The van der Waals surface area contributed by atoms with Gasteiger partial charge in [0, 0.05) is 18.9 Å². The molecule has 0 radical (unpaired) electrons. The Hall–Kier alpha value is -0.410. The smallest absolute Gasteiger partial charge is 0.160 e. The molecular formula is C13H24O3. The van der Waals surface area contributed by atoms with Crippen molar-refractivity contribution in [1.82, 2.24) is 0 Å². The molecule has 3 nitrogen and oxygen atoms in total. The van der Waals surface area contributed by atoms with E-state index < -0.39 is 0 Å². The molecule has 0 N–H and O–H groups in total. The van der Waals surface area contributed by atoms with Crippen LogP contribution in [0.1, 0.15) is 46.5 Å². The Bertz CT molecular complexity index is 213. The van der Waals surface area contributed by atoms with Crippen molar-refractivity contribution in [3.63, 3.8) is 0 Å². The standard InChI is InChI=1S/C13H24O3/c1-10(2)9-16-13-12(5-4-8-15-13)7-6-11(3)14/h10,12-13H,4-9H2,1-3H3. The third-order valence-corrected chi connectivity index (χ3v) is 2.85. The normalized spacial score (nSPS) is 26.0. The number of ketones is 1. The quantitative estimate of drug-likeness (QED) is 0.701. The molecule has 1 aliphatic heterocycles. The summed E-state index contributed by atoms with van der Waals surface area (Å²) in [4.78, 5) is 11.0. The van der Waals surface area contributed by atoms with E-state index in [9.17, 15) is 4.79 Å². The van der Waals surface area contributed by atoms with Crippen molar-refractivity contribution in [2.45, 2.75) is 52.7 Å². The van der Waals surface area contributed by atoms with Crippen LogP contribution in [-0.2, 0) is 14.3 Å². The van der Waals surface area contributed by atoms with Crippen molar-refractivity contribution in [2.75, 3.05) is 13.2 Å². The van der Waals surface area contributed by atoms with E-state index in [2.05, 4.69) is 13.8 Å². The summed E-state index contributed by atoms with van der Waals surface area (Å²) in [5, 5.41) is 0. The second-order valence-electron chi connectivity index (χ2n) is 5.11. The van der Waals surface area contributed by atoms with E-state index in [0.717, 1.165) is 32.5 Å². The zero-order chi connectivity index (χ0) is 12.0. The molecule has 0 aliphatic carbocycles. The lowest BCUT2D eigenvalue weighted by Gasteiger charge is -2.31. The van der Waals surface area contributed by atoms with E-state index in [1.807, 2.05) is 0 Å². The molecule has 2 atom stereocenters. The molecule has 1 fully saturated rings. The van der Waals surface area contributed by atoms with Gasteiger partial charge in [-0.3, -0.25) is 0 Å². The van der Waals surface area contributed by atoms with E-state index in [-0.39, 0.29) is 12.1 Å². The third-order valence-electron chi connectivity index (χ3n) is 2.85. The lowest BCUT2D eigenvalue weighted by atomic mass is 9.94. The van der Waals surface area contributed by atoms with E-state index in [1.54, 1.807) is 6.92 Å². The molecule has 1 aliphatic rings. The van der Waals surface area contributed by atoms with Crippen molar-refractivity contribution < 1.29 is 14.3 Å². The Morgan fingerprint density at radius 2 is 2.25 bits per heavy atom. The van der Waals surface area contributed by atoms with Crippen molar-refractivity contribution in [3.05, 3.63) is 0 Å². The molecule has 0 aromatic carbocycles. The number of hydrogen-bond donors (Lipinski definition) is 0. The van der Waals surface area contributed by atoms with Crippen LogP contribution in [0.5, 0.6) is 0 Å². The molecule has 0 bridgehead atoms. The van der Waals surface area contributed by atoms with Crippen LogP contribution in [-0.4, -0.2) is 25.3 Å². The minimum atomic E-state index is -0.0875. The summed E-state index contributed by atoms with van der Waals surface area (Å²) in [5.74, 6) is 1.18. The van der Waals surface area contributed by atoms with E-state index >= 15 is 0 Å². The molecule has 0 amide bonds. The minimum absolute atomic E-state index is 0.0875. The summed E-state index contributed by atoms with van der Waals surface area (Å²) in [7, 11) is 0. The fourth-order valence-electron chi connectivity index (χ4n) is 1.96. The van der Waals surface area contributed by atoms with Crippen LogP contribution in [0.2, 0.25) is 0 Å². The van der Waals surface area contributed by atoms with Crippen molar-refractivity contribution >= 4 is 5.78 Å². The Morgan fingerprint density at radius 3 is 2.88 bits per heavy atom. The molecule has 0 aromatic rings. The fourth-order valence-corrected chi connectivity index (χ4v) is 1.96. The van der Waals surface area contributed by atoms with Gasteiger partial charge in [0.05, 0.1) is 6.61 Å². The average molecular weight is 228 g/mol. The second-order valence-corrected chi connectivity index (χ2v) is 5.11. The molecule has 0 saturated carbocycles. The minimum Gasteiger partial charge on any atom is -0.352 e.